The molecule has 9 aliphatic rings. The number of nitrogens with one attached hydrogen (secondary N) is 1. The molecule has 1 saturated carbocycles. The lowest BCUT2D eigenvalue weighted by molar-refractivity contribution is -0.144. The van der Waals surface area contributed by atoms with Crippen LogP contribution in [-0.4, -0.2) is 224 Å². The second-order valence-electron chi connectivity index (χ2n) is 39.3. The van der Waals surface area contributed by atoms with Gasteiger partial charge in [-0.05, 0) is 241 Å². The van der Waals surface area contributed by atoms with Crippen LogP contribution < -0.4 is 24.3 Å². The molecule has 3 N–H and O–H groups in total. The van der Waals surface area contributed by atoms with E-state index in [0.717, 1.165) is 111 Å². The SMILES string of the molecule is CC(C)Oc1ccc(C(=O)N2CCC3(CC2)c2ccc(Cl)n2CCN3C)cc1Cl.CN1CCn2c(C(=O)C(C)(C)C)ccc2C12CCN(C(=O)c1ccc(C(C)(C)O)c(F)c1)CC2.COc1cc(C(=O)N2CCC3(CC2)NC2CCCC[C@@H]2n2cccc23)ccc1OCCC(C)C.Cc1cc(C(=O)N2CCC3(CC2)c2c(F)cc(C(F)(F)F)n2CCN3C)ccc1OCCCO.[HH].[HH].[HH]. The van der Waals surface area contributed by atoms with Gasteiger partial charge >= 0.3 is 6.18 Å². The summed E-state index contributed by atoms with van der Waals surface area (Å²) < 4.78 is 101. The van der Waals surface area contributed by atoms with Gasteiger partial charge in [-0.3, -0.25) is 38.7 Å². The number of methoxy groups -OCH3 is 1. The van der Waals surface area contributed by atoms with E-state index >= 15 is 0 Å². The van der Waals surface area contributed by atoms with Crippen molar-refractivity contribution in [2.45, 2.75) is 231 Å². The average molecular weight is 1860 g/mol. The number of hydrogen-bond donors (Lipinski definition) is 3. The van der Waals surface area contributed by atoms with Gasteiger partial charge in [-0.25, -0.2) is 8.78 Å². The summed E-state index contributed by atoms with van der Waals surface area (Å²) in [6.45, 7) is 28.6. The number of alkyl halides is 3. The zero-order chi connectivity index (χ0) is 94.2. The molecule has 131 heavy (non-hydrogen) atoms. The molecule has 4 saturated heterocycles. The minimum atomic E-state index is -4.63. The number of benzene rings is 4. The number of piperidine rings is 4. The van der Waals surface area contributed by atoms with Crippen LogP contribution in [0.25, 0.3) is 0 Å². The maximum atomic E-state index is 14.9. The Labute approximate surface area is 781 Å². The number of aliphatic hydroxyl groups is 2. The number of ether oxygens (including phenoxy) is 4. The van der Waals surface area contributed by atoms with Crippen LogP contribution in [0.4, 0.5) is 22.0 Å². The van der Waals surface area contributed by atoms with E-state index in [1.54, 1.807) is 66.4 Å². The molecule has 0 bridgehead atoms. The number of Topliss-reactive ketones (excluding diaryl/α,β-unsaturated/α-hetero) is 1. The predicted molar refractivity (Wildman–Crippen MR) is 503 cm³/mol. The van der Waals surface area contributed by atoms with Gasteiger partial charge < -0.3 is 72.3 Å². The van der Waals surface area contributed by atoms with Gasteiger partial charge in [0, 0.05) is 184 Å². The number of carbonyl (C=O) groups is 5. The largest absolute Gasteiger partial charge is 0.493 e. The van der Waals surface area contributed by atoms with Gasteiger partial charge in [0.1, 0.15) is 34.0 Å². The molecule has 1 aliphatic carbocycles. The Kier molecular flexibility index (Phi) is 29.6. The van der Waals surface area contributed by atoms with E-state index in [1.165, 1.54) is 63.1 Å². The maximum Gasteiger partial charge on any atom is 0.431 e. The van der Waals surface area contributed by atoms with Gasteiger partial charge in [0.2, 0.25) is 0 Å². The number of fused-ring (bicyclic) bond motifs is 10. The number of aliphatic hydroxyl groups excluding tert-OH is 1. The third-order valence-electron chi connectivity index (χ3n) is 28.8. The van der Waals surface area contributed by atoms with Gasteiger partial charge in [0.25, 0.3) is 23.6 Å². The van der Waals surface area contributed by atoms with Crippen molar-refractivity contribution < 1.29 is 79.4 Å². The number of nitrogens with zero attached hydrogens (tertiary/aromatic N) is 11. The fraction of sp³-hybridized carbons (Fsp3) is 0.554. The molecule has 716 valence electrons. The summed E-state index contributed by atoms with van der Waals surface area (Å²) >= 11 is 12.7. The van der Waals surface area contributed by atoms with E-state index < -0.39 is 40.1 Å². The number of likely N-dealkylation sites (tertiary alicyclic amines) is 4. The van der Waals surface area contributed by atoms with E-state index in [2.05, 4.69) is 87.2 Å². The highest BCUT2D eigenvalue weighted by Crippen LogP contribution is 2.50. The normalized spacial score (nSPS) is 19.9. The van der Waals surface area contributed by atoms with Crippen molar-refractivity contribution in [3.63, 3.8) is 0 Å². The monoisotopic (exact) mass is 1860 g/mol. The van der Waals surface area contributed by atoms with E-state index in [4.69, 9.17) is 47.3 Å². The average Bonchev–Trinajstić information content (AvgIpc) is 1.52. The van der Waals surface area contributed by atoms with Gasteiger partial charge in [0.15, 0.2) is 17.3 Å². The minimum Gasteiger partial charge on any atom is -0.493 e. The van der Waals surface area contributed by atoms with E-state index in [0.29, 0.717) is 153 Å². The van der Waals surface area contributed by atoms with Crippen LogP contribution in [0.15, 0.2) is 121 Å². The maximum absolute atomic E-state index is 14.9. The number of rotatable bonds is 17. The number of hydrogen-bond acceptors (Lipinski definition) is 15. The van der Waals surface area contributed by atoms with Crippen molar-refractivity contribution in [3.8, 4) is 23.0 Å². The van der Waals surface area contributed by atoms with Crippen LogP contribution in [0, 0.1) is 29.9 Å². The Morgan fingerprint density at radius 1 is 0.542 bits per heavy atom. The molecule has 8 aliphatic heterocycles. The summed E-state index contributed by atoms with van der Waals surface area (Å²) in [6, 6.07) is 34.7. The lowest BCUT2D eigenvalue weighted by Gasteiger charge is -2.52. The molecule has 23 nitrogen and oxygen atoms in total. The zero-order valence-electron chi connectivity index (χ0n) is 78.4. The van der Waals surface area contributed by atoms with Crippen LogP contribution in [0.5, 0.6) is 23.0 Å². The molecule has 0 radical (unpaired) electrons. The molecule has 12 heterocycles. The third kappa shape index (κ3) is 20.1. The fourth-order valence-corrected chi connectivity index (χ4v) is 21.8. The Morgan fingerprint density at radius 2 is 1.04 bits per heavy atom. The summed E-state index contributed by atoms with van der Waals surface area (Å²) in [6.07, 6.45) is 10.2. The van der Waals surface area contributed by atoms with Crippen molar-refractivity contribution in [2.75, 3.05) is 120 Å². The minimum absolute atomic E-state index is 0. The molecule has 4 aromatic heterocycles. The highest BCUT2D eigenvalue weighted by atomic mass is 35.5. The molecule has 2 atom stereocenters. The highest BCUT2D eigenvalue weighted by Gasteiger charge is 2.53. The van der Waals surface area contributed by atoms with Gasteiger partial charge in [-0.1, -0.05) is 76.7 Å². The lowest BCUT2D eigenvalue weighted by atomic mass is 9.77. The quantitative estimate of drug-likeness (QED) is 0.0439. The Bertz CT molecular complexity index is 5440. The summed E-state index contributed by atoms with van der Waals surface area (Å²) in [5, 5.41) is 24.3. The van der Waals surface area contributed by atoms with Crippen LogP contribution in [-0.2, 0) is 53.6 Å². The summed E-state index contributed by atoms with van der Waals surface area (Å²) in [4.78, 5) is 79.9. The van der Waals surface area contributed by atoms with Crippen LogP contribution in [0.1, 0.15) is 254 Å². The molecule has 5 fully saturated rings. The molecule has 8 aromatic rings. The van der Waals surface area contributed by atoms with E-state index in [-0.39, 0.29) is 80.8 Å². The lowest BCUT2D eigenvalue weighted by Crippen LogP contribution is -2.61. The molecule has 4 spiro atoms. The van der Waals surface area contributed by atoms with E-state index in [1.807, 2.05) is 86.6 Å². The van der Waals surface area contributed by atoms with E-state index in [9.17, 15) is 51.0 Å². The summed E-state index contributed by atoms with van der Waals surface area (Å²) in [7, 11) is 7.73. The predicted octanol–water partition coefficient (Wildman–Crippen LogP) is 18.5. The van der Waals surface area contributed by atoms with Crippen LogP contribution in [0.2, 0.25) is 10.2 Å². The third-order valence-corrected chi connectivity index (χ3v) is 29.5. The van der Waals surface area contributed by atoms with Crippen molar-refractivity contribution >= 4 is 52.6 Å². The smallest absolute Gasteiger partial charge is 0.431 e. The van der Waals surface area contributed by atoms with Crippen molar-refractivity contribution in [1.82, 2.24) is 57.9 Å². The number of ketones is 1. The van der Waals surface area contributed by atoms with Crippen molar-refractivity contribution in [3.05, 3.63) is 211 Å². The zero-order valence-corrected chi connectivity index (χ0v) is 79.9. The fourth-order valence-electron chi connectivity index (χ4n) is 21.3. The highest BCUT2D eigenvalue weighted by molar-refractivity contribution is 6.32. The molecule has 4 aromatic carbocycles. The number of aryl methyl sites for hydroxylation is 1. The first kappa shape index (κ1) is 97.8. The molecular weight excluding hydrogens is 1720 g/mol. The topological polar surface area (TPSA) is 217 Å². The number of likely N-dealkylation sites (N-methyl/N-ethyl adjacent to an activating group) is 3. The van der Waals surface area contributed by atoms with Crippen molar-refractivity contribution in [1.29, 1.82) is 0 Å². The van der Waals surface area contributed by atoms with Crippen LogP contribution >= 0.6 is 23.2 Å². The standard InChI is InChI=1S/C28H39N3O3.C27H36FN3O3.C24H29F4N3O3.C22H27Cl2N3O2.3H2/c1-20(2)12-18-34-24-11-10-21(19-25(24)33-3)27(32)30-16-13-28(14-17-30)26-9-6-15-31(26)23-8-5-4-7-22(23)29-28;1-25(2,3)23(32)21-9-10-22-27(29(6)15-16-31(21)22)11-13-30(14-12-27)24(33)18-7-8-19(20(28)17-18)26(4,5)34;1-16-14-17(4-5-19(16)34-13-3-12-32)22(33)30-8-6-23(7-9-30)21-18(25)15-20(24(26,27)28)31(21)11-10-29(23)2;1-15(2)29-18-5-4-16(14-17(18)23)21(28)26-10-8-22(9-11-26)19-6-7-20(24)27(19)13-12-25(22)3;;;/h6,9-11,15,19-20,22-23,29H,4-5,7-8,12-14,16-18H2,1-3H3;7-10,17,34H,11-16H2,1-6H3;4-5,14-15,32H,3,6-13H2,1-2H3;4-7,14-15H,8-13H2,1-3H3;3*1H/t22?,23-;;;;;;/m0....../s1. The number of aromatic nitrogens is 4. The first-order chi connectivity index (χ1) is 62.2. The Balaban J connectivity index is 0.000000171. The first-order valence-electron chi connectivity index (χ1n) is 46.6. The molecule has 30 heteroatoms. The second kappa shape index (κ2) is 39.7. The molecule has 17 rings (SSSR count). The van der Waals surface area contributed by atoms with Gasteiger partial charge in [0.05, 0.1) is 70.6 Å². The molecular formula is C101H137Cl2F5N12O11. The first-order valence-corrected chi connectivity index (χ1v) is 47.4. The number of halogens is 7. The summed E-state index contributed by atoms with van der Waals surface area (Å²) in [5.41, 5.74) is 3.75. The van der Waals surface area contributed by atoms with Crippen molar-refractivity contribution in [2.24, 2.45) is 11.3 Å². The Hall–Kier alpha value is -9.26. The molecule has 1 unspecified atom stereocenters. The number of carbonyl (C=O) groups excluding carboxylic acids is 5. The molecule has 4 amide bonds. The summed E-state index contributed by atoms with van der Waals surface area (Å²) in [5.74, 6) is 1.60. The number of amides is 4. The second-order valence-corrected chi connectivity index (χ2v) is 40.1. The van der Waals surface area contributed by atoms with Gasteiger partial charge in [-0.2, -0.15) is 13.2 Å². The van der Waals surface area contributed by atoms with Crippen LogP contribution in [0.3, 0.4) is 0 Å². The van der Waals surface area contributed by atoms with Gasteiger partial charge in [-0.15, -0.1) is 0 Å². The Morgan fingerprint density at radius 3 is 1.57 bits per heavy atom.